The maximum absolute atomic E-state index is 12.0. The van der Waals surface area contributed by atoms with Crippen molar-refractivity contribution in [2.24, 2.45) is 5.92 Å². The van der Waals surface area contributed by atoms with Crippen molar-refractivity contribution in [3.8, 4) is 22.6 Å². The van der Waals surface area contributed by atoms with E-state index in [4.69, 9.17) is 18.6 Å². The van der Waals surface area contributed by atoms with E-state index in [1.165, 1.54) is 29.4 Å². The Bertz CT molecular complexity index is 1490. The predicted octanol–water partition coefficient (Wildman–Crippen LogP) is 8.06. The molecule has 2 atom stereocenters. The number of ether oxygens (including phenoxy) is 1. The van der Waals surface area contributed by atoms with Crippen molar-refractivity contribution >= 4 is 14.3 Å². The Labute approximate surface area is 237 Å². The lowest BCUT2D eigenvalue weighted by Gasteiger charge is -2.41. The number of hydrogen-bond acceptors (Lipinski definition) is 6. The van der Waals surface area contributed by atoms with Crippen molar-refractivity contribution in [1.82, 2.24) is 9.97 Å². The van der Waals surface area contributed by atoms with Crippen molar-refractivity contribution in [3.63, 3.8) is 0 Å². The van der Waals surface area contributed by atoms with Gasteiger partial charge in [-0.2, -0.15) is 0 Å². The molecular formula is C33H38N2O4Si. The van der Waals surface area contributed by atoms with Gasteiger partial charge in [-0.3, -0.25) is 0 Å². The molecule has 0 radical (unpaired) electrons. The molecule has 0 aliphatic heterocycles. The van der Waals surface area contributed by atoms with Crippen molar-refractivity contribution in [2.45, 2.75) is 64.3 Å². The van der Waals surface area contributed by atoms with Gasteiger partial charge in [0.25, 0.3) is 0 Å². The number of oxazole rings is 1. The minimum absolute atomic E-state index is 0.0359. The first-order chi connectivity index (χ1) is 19.1. The van der Waals surface area contributed by atoms with E-state index in [2.05, 4.69) is 87.4 Å². The van der Waals surface area contributed by atoms with Crippen LogP contribution in [-0.4, -0.2) is 31.4 Å². The molecule has 2 aromatic heterocycles. The van der Waals surface area contributed by atoms with Gasteiger partial charge in [0.2, 0.25) is 5.89 Å². The van der Waals surface area contributed by atoms with Crippen LogP contribution in [0.15, 0.2) is 77.3 Å². The van der Waals surface area contributed by atoms with Gasteiger partial charge in [0.1, 0.15) is 17.5 Å². The lowest BCUT2D eigenvalue weighted by Crippen LogP contribution is -2.43. The molecule has 7 heteroatoms. The van der Waals surface area contributed by atoms with Gasteiger partial charge < -0.3 is 13.6 Å². The Morgan fingerprint density at radius 1 is 1.00 bits per heavy atom. The molecule has 6 nitrogen and oxygen atoms in total. The highest BCUT2D eigenvalue weighted by molar-refractivity contribution is 6.74. The number of aromatic nitrogens is 2. The Morgan fingerprint density at radius 2 is 1.77 bits per heavy atom. The molecule has 4 aromatic rings. The largest absolute Gasteiger partial charge is 0.464 e. The molecule has 5 rings (SSSR count). The summed E-state index contributed by atoms with van der Waals surface area (Å²) in [7, 11) is -0.811. The van der Waals surface area contributed by atoms with Gasteiger partial charge >= 0.3 is 5.97 Å². The number of hydrogen-bond donors (Lipinski definition) is 0. The highest BCUT2D eigenvalue weighted by atomic mass is 28.4. The second-order valence-electron chi connectivity index (χ2n) is 12.1. The van der Waals surface area contributed by atoms with Gasteiger partial charge in [0.05, 0.1) is 13.3 Å². The number of carbonyl (C=O) groups is 1. The maximum Gasteiger partial charge on any atom is 0.356 e. The fraction of sp³-hybridized carbons (Fsp3) is 0.364. The average Bonchev–Trinajstić information content (AvgIpc) is 3.45. The Balaban J connectivity index is 1.46. The predicted molar refractivity (Wildman–Crippen MR) is 159 cm³/mol. The van der Waals surface area contributed by atoms with Crippen LogP contribution in [-0.2, 0) is 22.0 Å². The standard InChI is InChI=1S/C33H38N2O4Si/c1-33(2,3)40(5,6)39-30(31-34-21-29(38-31)27-13-10-14-28(35-27)32(36)37-4)26-18-17-24-19-23(15-16-25(24)20-26)22-11-8-7-9-12-22/h7-16,19,21,26,30H,17-18,20H2,1-6H3. The smallest absolute Gasteiger partial charge is 0.356 e. The van der Waals surface area contributed by atoms with Crippen molar-refractivity contribution in [1.29, 1.82) is 0 Å². The summed E-state index contributed by atoms with van der Waals surface area (Å²) < 4.78 is 18.2. The summed E-state index contributed by atoms with van der Waals surface area (Å²) in [5.74, 6) is 0.815. The van der Waals surface area contributed by atoms with Crippen LogP contribution in [0.2, 0.25) is 18.1 Å². The first-order valence-corrected chi connectivity index (χ1v) is 16.8. The normalized spacial score (nSPS) is 16.3. The third kappa shape index (κ3) is 5.81. The van der Waals surface area contributed by atoms with Crippen LogP contribution in [0.25, 0.3) is 22.6 Å². The van der Waals surface area contributed by atoms with E-state index < -0.39 is 14.3 Å². The summed E-state index contributed by atoms with van der Waals surface area (Å²) in [5, 5.41) is 0.0359. The molecule has 0 bridgehead atoms. The number of fused-ring (bicyclic) bond motifs is 1. The molecule has 0 N–H and O–H groups in total. The number of esters is 1. The Hall–Kier alpha value is -3.55. The molecule has 208 valence electrons. The fourth-order valence-electron chi connectivity index (χ4n) is 5.02. The van der Waals surface area contributed by atoms with Crippen LogP contribution < -0.4 is 0 Å². The third-order valence-corrected chi connectivity index (χ3v) is 12.9. The zero-order valence-corrected chi connectivity index (χ0v) is 25.2. The highest BCUT2D eigenvalue weighted by Crippen LogP contribution is 2.45. The topological polar surface area (TPSA) is 74.5 Å². The third-order valence-electron chi connectivity index (χ3n) is 8.40. The van der Waals surface area contributed by atoms with Gasteiger partial charge in [-0.05, 0) is 77.7 Å². The minimum Gasteiger partial charge on any atom is -0.464 e. The van der Waals surface area contributed by atoms with Crippen LogP contribution >= 0.6 is 0 Å². The van der Waals surface area contributed by atoms with E-state index in [1.807, 2.05) is 6.07 Å². The van der Waals surface area contributed by atoms with Crippen molar-refractivity contribution < 1.29 is 18.4 Å². The second-order valence-corrected chi connectivity index (χ2v) is 16.9. The highest BCUT2D eigenvalue weighted by Gasteiger charge is 2.43. The molecule has 0 spiro atoms. The summed E-state index contributed by atoms with van der Waals surface area (Å²) in [5.41, 5.74) is 6.02. The van der Waals surface area contributed by atoms with Crippen LogP contribution in [0.4, 0.5) is 0 Å². The molecule has 0 fully saturated rings. The molecule has 2 heterocycles. The molecule has 1 aliphatic carbocycles. The number of rotatable bonds is 7. The summed E-state index contributed by atoms with van der Waals surface area (Å²) in [6.07, 6.45) is 4.27. The number of aryl methyl sites for hydroxylation is 1. The van der Waals surface area contributed by atoms with Gasteiger partial charge in [-0.25, -0.2) is 14.8 Å². The molecule has 2 aromatic carbocycles. The first-order valence-electron chi connectivity index (χ1n) is 13.9. The zero-order valence-electron chi connectivity index (χ0n) is 24.2. The van der Waals surface area contributed by atoms with Crippen LogP contribution in [0, 0.1) is 5.92 Å². The molecule has 0 amide bonds. The monoisotopic (exact) mass is 554 g/mol. The van der Waals surface area contributed by atoms with E-state index in [1.54, 1.807) is 18.3 Å². The van der Waals surface area contributed by atoms with Gasteiger partial charge in [0.15, 0.2) is 14.1 Å². The molecule has 0 saturated heterocycles. The van der Waals surface area contributed by atoms with E-state index in [9.17, 15) is 4.79 Å². The molecule has 0 saturated carbocycles. The van der Waals surface area contributed by atoms with Crippen molar-refractivity contribution in [3.05, 3.63) is 95.6 Å². The molecule has 1 aliphatic rings. The minimum atomic E-state index is -2.15. The number of methoxy groups -OCH3 is 1. The van der Waals surface area contributed by atoms with E-state index >= 15 is 0 Å². The number of pyridine rings is 1. The second kappa shape index (κ2) is 11.1. The molecular weight excluding hydrogens is 516 g/mol. The van der Waals surface area contributed by atoms with E-state index in [0.717, 1.165) is 19.3 Å². The summed E-state index contributed by atoms with van der Waals surface area (Å²) >= 11 is 0. The van der Waals surface area contributed by atoms with Crippen LogP contribution in [0.1, 0.15) is 60.8 Å². The SMILES string of the molecule is COC(=O)c1cccc(-c2cnc(C(O[Si](C)(C)C(C)(C)C)C3CCc4cc(-c5ccccc5)ccc4C3)o2)n1. The van der Waals surface area contributed by atoms with E-state index in [0.29, 0.717) is 17.3 Å². The Kier molecular flexibility index (Phi) is 7.80. The summed E-state index contributed by atoms with van der Waals surface area (Å²) in [6.45, 7) is 11.3. The number of carbonyl (C=O) groups excluding carboxylic acids is 1. The van der Waals surface area contributed by atoms with Crippen molar-refractivity contribution in [2.75, 3.05) is 7.11 Å². The van der Waals surface area contributed by atoms with Gasteiger partial charge in [-0.1, -0.05) is 75.4 Å². The zero-order chi connectivity index (χ0) is 28.5. The van der Waals surface area contributed by atoms with Gasteiger partial charge in [0, 0.05) is 0 Å². The first kappa shape index (κ1) is 28.0. The lowest BCUT2D eigenvalue weighted by atomic mass is 9.80. The number of nitrogens with zero attached hydrogens (tertiary/aromatic N) is 2. The Morgan fingerprint density at radius 3 is 2.50 bits per heavy atom. The van der Waals surface area contributed by atoms with Gasteiger partial charge in [-0.15, -0.1) is 0 Å². The fourth-order valence-corrected chi connectivity index (χ4v) is 6.30. The number of benzene rings is 2. The van der Waals surface area contributed by atoms with Crippen LogP contribution in [0.3, 0.4) is 0 Å². The quantitative estimate of drug-likeness (QED) is 0.170. The average molecular weight is 555 g/mol. The van der Waals surface area contributed by atoms with Crippen LogP contribution in [0.5, 0.6) is 0 Å². The lowest BCUT2D eigenvalue weighted by molar-refractivity contribution is 0.0594. The molecule has 2 unspecified atom stereocenters. The molecule has 40 heavy (non-hydrogen) atoms. The summed E-state index contributed by atoms with van der Waals surface area (Å²) in [4.78, 5) is 21.2. The summed E-state index contributed by atoms with van der Waals surface area (Å²) in [6, 6.07) is 22.6. The van der Waals surface area contributed by atoms with E-state index in [-0.39, 0.29) is 22.8 Å². The maximum atomic E-state index is 12.0.